The van der Waals surface area contributed by atoms with E-state index in [9.17, 15) is 9.36 Å². The second-order valence-corrected chi connectivity index (χ2v) is 4.88. The minimum absolute atomic E-state index is 0.192. The lowest BCUT2D eigenvalue weighted by Gasteiger charge is -2.17. The van der Waals surface area contributed by atoms with E-state index < -0.39 is 19.5 Å². The number of hydrogen-bond acceptors (Lipinski definition) is 5. The molecule has 0 saturated heterocycles. The minimum atomic E-state index is -3.63. The van der Waals surface area contributed by atoms with Crippen molar-refractivity contribution in [3.8, 4) is 0 Å². The molecule has 1 atom stereocenters. The molecule has 1 N–H and O–H groups in total. The van der Waals surface area contributed by atoms with Crippen molar-refractivity contribution in [2.45, 2.75) is 25.6 Å². The van der Waals surface area contributed by atoms with Crippen LogP contribution in [0.2, 0.25) is 0 Å². The molecule has 0 aromatic carbocycles. The zero-order chi connectivity index (χ0) is 10.8. The van der Waals surface area contributed by atoms with Crippen molar-refractivity contribution in [2.75, 3.05) is 13.3 Å². The quantitative estimate of drug-likeness (QED) is 0.442. The highest BCUT2D eigenvalue weighted by Crippen LogP contribution is 2.53. The second kappa shape index (κ2) is 3.88. The van der Waals surface area contributed by atoms with Crippen molar-refractivity contribution >= 4 is 13.8 Å². The van der Waals surface area contributed by atoms with Crippen LogP contribution in [0.15, 0.2) is 0 Å². The fraction of sp³-hybridized carbons (Fsp3) is 0.857. The summed E-state index contributed by atoms with van der Waals surface area (Å²) in [5.74, 6) is -1.23. The zero-order valence-electron chi connectivity index (χ0n) is 8.06. The molecule has 0 radical (unpaired) electrons. The first-order valence-electron chi connectivity index (χ1n) is 4.24. The van der Waals surface area contributed by atoms with E-state index in [1.165, 1.54) is 0 Å². The van der Waals surface area contributed by atoms with Gasteiger partial charge in [-0.2, -0.15) is 0 Å². The molecule has 1 unspecified atom stereocenters. The molecule has 0 aliphatic heterocycles. The Kier molecular flexibility index (Phi) is 3.19. The summed E-state index contributed by atoms with van der Waals surface area (Å²) < 4.78 is 24.9. The molecule has 7 heteroatoms. The Morgan fingerprint density at radius 2 is 2.14 bits per heavy atom. The Morgan fingerprint density at radius 3 is 2.50 bits per heavy atom. The van der Waals surface area contributed by atoms with Crippen LogP contribution in [-0.2, 0) is 18.6 Å². The van der Waals surface area contributed by atoms with Gasteiger partial charge >= 0.3 is 13.8 Å². The Morgan fingerprint density at radius 1 is 1.57 bits per heavy atom. The molecule has 1 saturated carbocycles. The van der Waals surface area contributed by atoms with Gasteiger partial charge in [0.1, 0.15) is 0 Å². The average molecular weight is 224 g/mol. The van der Waals surface area contributed by atoms with E-state index in [1.54, 1.807) is 6.92 Å². The fourth-order valence-corrected chi connectivity index (χ4v) is 1.76. The first-order chi connectivity index (χ1) is 6.37. The minimum Gasteiger partial charge on any atom is -0.435 e. The van der Waals surface area contributed by atoms with Crippen molar-refractivity contribution in [1.29, 1.82) is 0 Å². The zero-order valence-corrected chi connectivity index (χ0v) is 8.95. The second-order valence-electron chi connectivity index (χ2n) is 3.09. The largest absolute Gasteiger partial charge is 0.510 e. The lowest BCUT2D eigenvalue weighted by molar-refractivity contribution is -0.0871. The maximum absolute atomic E-state index is 10.9. The van der Waals surface area contributed by atoms with Crippen molar-refractivity contribution in [3.05, 3.63) is 0 Å². The molecule has 1 aliphatic carbocycles. The van der Waals surface area contributed by atoms with Gasteiger partial charge < -0.3 is 14.4 Å². The highest BCUT2D eigenvalue weighted by molar-refractivity contribution is 7.51. The first-order valence-corrected chi connectivity index (χ1v) is 6.26. The summed E-state index contributed by atoms with van der Waals surface area (Å²) in [7, 11) is -3.63. The fourth-order valence-electron chi connectivity index (χ4n) is 0.922. The van der Waals surface area contributed by atoms with Gasteiger partial charge in [0.2, 0.25) is 5.79 Å². The van der Waals surface area contributed by atoms with Gasteiger partial charge in [-0.05, 0) is 6.92 Å². The van der Waals surface area contributed by atoms with E-state index in [0.717, 1.165) is 6.66 Å². The predicted octanol–water partition coefficient (Wildman–Crippen LogP) is 1.48. The monoisotopic (exact) mass is 224 g/mol. The molecule has 82 valence electrons. The van der Waals surface area contributed by atoms with Crippen molar-refractivity contribution in [1.82, 2.24) is 0 Å². The van der Waals surface area contributed by atoms with Crippen LogP contribution in [0.25, 0.3) is 0 Å². The first kappa shape index (κ1) is 11.5. The van der Waals surface area contributed by atoms with E-state index in [-0.39, 0.29) is 6.61 Å². The lowest BCUT2D eigenvalue weighted by atomic mass is 10.7. The topological polar surface area (TPSA) is 82.1 Å². The molecule has 1 aliphatic rings. The Balaban J connectivity index is 2.43. The maximum Gasteiger partial charge on any atom is 0.510 e. The Bertz CT molecular complexity index is 265. The third-order valence-electron chi connectivity index (χ3n) is 1.53. The third kappa shape index (κ3) is 3.65. The standard InChI is InChI=1S/C7H13O6P/c1-3-11-6(8)12-7(4-5-7)13-14(2,9)10/h3-5H2,1-2H3,(H,9,10). The van der Waals surface area contributed by atoms with Gasteiger partial charge in [0, 0.05) is 19.5 Å². The molecule has 6 nitrogen and oxygen atoms in total. The van der Waals surface area contributed by atoms with Gasteiger partial charge in [-0.25, -0.2) is 4.79 Å². The summed E-state index contributed by atoms with van der Waals surface area (Å²) in [6.07, 6.45) is -0.0348. The van der Waals surface area contributed by atoms with E-state index >= 15 is 0 Å². The summed E-state index contributed by atoms with van der Waals surface area (Å²) >= 11 is 0. The van der Waals surface area contributed by atoms with Gasteiger partial charge in [-0.3, -0.25) is 9.09 Å². The molecule has 1 rings (SSSR count). The molecule has 0 aromatic rings. The van der Waals surface area contributed by atoms with Gasteiger partial charge in [0.05, 0.1) is 6.61 Å². The van der Waals surface area contributed by atoms with Crippen LogP contribution in [-0.4, -0.2) is 30.1 Å². The van der Waals surface area contributed by atoms with Crippen LogP contribution in [0.5, 0.6) is 0 Å². The SMILES string of the molecule is CCOC(=O)OC1(OP(C)(=O)O)CC1. The van der Waals surface area contributed by atoms with E-state index in [0.29, 0.717) is 12.8 Å². The number of ether oxygens (including phenoxy) is 2. The molecule has 0 heterocycles. The summed E-state index contributed by atoms with van der Waals surface area (Å²) in [6, 6.07) is 0. The van der Waals surface area contributed by atoms with Gasteiger partial charge in [0.15, 0.2) is 0 Å². The lowest BCUT2D eigenvalue weighted by Crippen LogP contribution is -2.22. The number of hydrogen-bond donors (Lipinski definition) is 1. The molecule has 0 aromatic heterocycles. The smallest absolute Gasteiger partial charge is 0.435 e. The van der Waals surface area contributed by atoms with Gasteiger partial charge in [0.25, 0.3) is 0 Å². The molecule has 1 fully saturated rings. The molecule has 0 bridgehead atoms. The van der Waals surface area contributed by atoms with Crippen molar-refractivity contribution in [3.63, 3.8) is 0 Å². The number of carbonyl (C=O) groups excluding carboxylic acids is 1. The van der Waals surface area contributed by atoms with E-state index in [2.05, 4.69) is 4.74 Å². The molecule has 14 heavy (non-hydrogen) atoms. The van der Waals surface area contributed by atoms with Crippen LogP contribution in [0.1, 0.15) is 19.8 Å². The number of rotatable bonds is 4. The van der Waals surface area contributed by atoms with Crippen LogP contribution in [0.3, 0.4) is 0 Å². The van der Waals surface area contributed by atoms with Gasteiger partial charge in [-0.1, -0.05) is 0 Å². The summed E-state index contributed by atoms with van der Waals surface area (Å²) in [5, 5.41) is 0. The summed E-state index contributed by atoms with van der Waals surface area (Å²) in [6.45, 7) is 2.87. The summed E-state index contributed by atoms with van der Waals surface area (Å²) in [5.41, 5.74) is 0. The van der Waals surface area contributed by atoms with Crippen LogP contribution < -0.4 is 0 Å². The van der Waals surface area contributed by atoms with Gasteiger partial charge in [-0.15, -0.1) is 0 Å². The van der Waals surface area contributed by atoms with Crippen LogP contribution >= 0.6 is 7.60 Å². The Hall–Kier alpha value is -0.580. The molecule has 0 spiro atoms. The average Bonchev–Trinajstić information content (AvgIpc) is 2.64. The van der Waals surface area contributed by atoms with Crippen molar-refractivity contribution < 1.29 is 28.3 Å². The molecular formula is C7H13O6P. The highest BCUT2D eigenvalue weighted by Gasteiger charge is 2.52. The van der Waals surface area contributed by atoms with E-state index in [1.807, 2.05) is 0 Å². The summed E-state index contributed by atoms with van der Waals surface area (Å²) in [4.78, 5) is 19.8. The maximum atomic E-state index is 10.9. The third-order valence-corrected chi connectivity index (χ3v) is 2.20. The van der Waals surface area contributed by atoms with E-state index in [4.69, 9.17) is 14.2 Å². The predicted molar refractivity (Wildman–Crippen MR) is 46.9 cm³/mol. The number of carbonyl (C=O) groups is 1. The normalized spacial score (nSPS) is 22.2. The van der Waals surface area contributed by atoms with Crippen LogP contribution in [0, 0.1) is 0 Å². The Labute approximate surface area is 81.7 Å². The van der Waals surface area contributed by atoms with Crippen LogP contribution in [0.4, 0.5) is 4.79 Å². The van der Waals surface area contributed by atoms with Crippen molar-refractivity contribution in [2.24, 2.45) is 0 Å². The highest BCUT2D eigenvalue weighted by atomic mass is 31.2. The molecule has 0 amide bonds. The molecular weight excluding hydrogens is 211 g/mol.